The summed E-state index contributed by atoms with van der Waals surface area (Å²) in [5, 5.41) is 10.3. The van der Waals surface area contributed by atoms with Gasteiger partial charge in [0.15, 0.2) is 5.75 Å². The van der Waals surface area contributed by atoms with Crippen LogP contribution in [-0.4, -0.2) is 56.3 Å². The molecule has 1 aliphatic heterocycles. The summed E-state index contributed by atoms with van der Waals surface area (Å²) in [4.78, 5) is 35.6. The highest BCUT2D eigenvalue weighted by molar-refractivity contribution is 7.98. The molecule has 1 fully saturated rings. The van der Waals surface area contributed by atoms with E-state index in [1.54, 1.807) is 24.4 Å². The molecule has 0 aliphatic carbocycles. The van der Waals surface area contributed by atoms with Gasteiger partial charge in [-0.25, -0.2) is 4.79 Å². The fourth-order valence-corrected chi connectivity index (χ4v) is 5.88. The maximum absolute atomic E-state index is 12.7. The number of nitrogens with zero attached hydrogens (tertiary/aromatic N) is 8. The molecule has 0 saturated carbocycles. The van der Waals surface area contributed by atoms with Crippen LogP contribution in [0.4, 0.5) is 11.6 Å². The van der Waals surface area contributed by atoms with E-state index in [0.29, 0.717) is 41.0 Å². The number of aromatic nitrogens is 6. The second kappa shape index (κ2) is 11.9. The van der Waals surface area contributed by atoms with Crippen molar-refractivity contribution in [3.63, 3.8) is 0 Å². The largest absolute Gasteiger partial charge is 0.422 e. The van der Waals surface area contributed by atoms with E-state index in [2.05, 4.69) is 42.1 Å². The Morgan fingerprint density at radius 1 is 0.739 bits per heavy atom. The molecule has 13 heteroatoms. The van der Waals surface area contributed by atoms with Crippen LogP contribution in [0, 0.1) is 0 Å². The monoisotopic (exact) mass is 628 g/mol. The third kappa shape index (κ3) is 5.59. The van der Waals surface area contributed by atoms with Gasteiger partial charge in [-0.15, -0.1) is 10.2 Å². The summed E-state index contributed by atoms with van der Waals surface area (Å²) in [6.45, 7) is 2.98. The van der Waals surface area contributed by atoms with Crippen molar-refractivity contribution in [1.82, 2.24) is 30.1 Å². The number of benzene rings is 3. The first-order valence-electron chi connectivity index (χ1n) is 14.5. The molecule has 226 valence electrons. The van der Waals surface area contributed by atoms with Crippen LogP contribution in [0.15, 0.2) is 121 Å². The van der Waals surface area contributed by atoms with Crippen molar-refractivity contribution in [2.75, 3.05) is 36.0 Å². The summed E-state index contributed by atoms with van der Waals surface area (Å²) in [6.07, 6.45) is 1.71. The van der Waals surface area contributed by atoms with Crippen molar-refractivity contribution in [1.29, 1.82) is 0 Å². The summed E-state index contributed by atoms with van der Waals surface area (Å²) in [6, 6.07) is 28.8. The average molecular weight is 629 g/mol. The summed E-state index contributed by atoms with van der Waals surface area (Å²) in [7, 11) is 0. The van der Waals surface area contributed by atoms with Crippen LogP contribution in [0.1, 0.15) is 0 Å². The molecule has 12 nitrogen and oxygen atoms in total. The summed E-state index contributed by atoms with van der Waals surface area (Å²) < 4.78 is 17.5. The van der Waals surface area contributed by atoms with Crippen molar-refractivity contribution in [2.24, 2.45) is 0 Å². The molecule has 1 saturated heterocycles. The predicted molar refractivity (Wildman–Crippen MR) is 172 cm³/mol. The Kier molecular flexibility index (Phi) is 7.19. The van der Waals surface area contributed by atoms with Crippen molar-refractivity contribution < 1.29 is 13.6 Å². The third-order valence-corrected chi connectivity index (χ3v) is 8.23. The van der Waals surface area contributed by atoms with Crippen LogP contribution in [0.3, 0.4) is 0 Å². The van der Waals surface area contributed by atoms with Gasteiger partial charge >= 0.3 is 11.6 Å². The van der Waals surface area contributed by atoms with E-state index in [-0.39, 0.29) is 22.7 Å². The second-order valence-electron chi connectivity index (χ2n) is 10.4. The number of fused-ring (bicyclic) bond motifs is 2. The summed E-state index contributed by atoms with van der Waals surface area (Å²) in [5.41, 5.74) is 1.93. The lowest BCUT2D eigenvalue weighted by Gasteiger charge is -2.36. The van der Waals surface area contributed by atoms with Gasteiger partial charge in [0.25, 0.3) is 11.1 Å². The maximum Gasteiger partial charge on any atom is 0.349 e. The third-order valence-electron chi connectivity index (χ3n) is 7.52. The van der Waals surface area contributed by atoms with E-state index in [1.807, 2.05) is 60.7 Å². The summed E-state index contributed by atoms with van der Waals surface area (Å²) >= 11 is 1.05. The maximum atomic E-state index is 12.7. The zero-order valence-electron chi connectivity index (χ0n) is 24.2. The highest BCUT2D eigenvalue weighted by Crippen LogP contribution is 2.32. The lowest BCUT2D eigenvalue weighted by Crippen LogP contribution is -2.47. The minimum atomic E-state index is -0.574. The molecule has 7 aromatic rings. The minimum absolute atomic E-state index is 0.0339. The molecule has 0 unspecified atom stereocenters. The number of hydrogen-bond acceptors (Lipinski definition) is 13. The van der Waals surface area contributed by atoms with Crippen molar-refractivity contribution in [3.8, 4) is 23.2 Å². The van der Waals surface area contributed by atoms with Crippen molar-refractivity contribution in [3.05, 3.63) is 108 Å². The molecule has 4 aromatic heterocycles. The van der Waals surface area contributed by atoms with Crippen LogP contribution in [0.25, 0.3) is 33.3 Å². The molecule has 0 bridgehead atoms. The van der Waals surface area contributed by atoms with Crippen LogP contribution in [0.2, 0.25) is 0 Å². The normalized spacial score (nSPS) is 13.4. The van der Waals surface area contributed by atoms with E-state index in [4.69, 9.17) is 23.5 Å². The Hall–Kier alpha value is -5.82. The molecule has 0 radical (unpaired) electrons. The molecule has 0 spiro atoms. The molecule has 8 rings (SSSR count). The first-order valence-corrected chi connectivity index (χ1v) is 15.4. The fraction of sp³-hybridized carbons (Fsp3) is 0.121. The Balaban J connectivity index is 1.10. The molecule has 5 heterocycles. The van der Waals surface area contributed by atoms with Gasteiger partial charge in [-0.3, -0.25) is 4.98 Å². The van der Waals surface area contributed by atoms with Crippen molar-refractivity contribution >= 4 is 45.3 Å². The van der Waals surface area contributed by atoms with Gasteiger partial charge in [-0.05, 0) is 36.4 Å². The Bertz CT molecular complexity index is 2230. The van der Waals surface area contributed by atoms with Gasteiger partial charge in [-0.2, -0.15) is 15.0 Å². The van der Waals surface area contributed by atoms with Crippen LogP contribution in [0.5, 0.6) is 11.8 Å². The Morgan fingerprint density at radius 3 is 2.41 bits per heavy atom. The van der Waals surface area contributed by atoms with Crippen molar-refractivity contribution in [2.45, 2.75) is 10.4 Å². The molecular weight excluding hydrogens is 604 g/mol. The molecule has 0 atom stereocenters. The molecular formula is C33H24N8O4S. The average Bonchev–Trinajstić information content (AvgIpc) is 3.56. The number of ether oxygens (including phenoxy) is 1. The van der Waals surface area contributed by atoms with Gasteiger partial charge in [0, 0.05) is 60.6 Å². The quantitative estimate of drug-likeness (QED) is 0.196. The summed E-state index contributed by atoms with van der Waals surface area (Å²) in [5.74, 6) is 1.01. The molecule has 0 N–H and O–H groups in total. The molecule has 46 heavy (non-hydrogen) atoms. The van der Waals surface area contributed by atoms with Gasteiger partial charge in [0.05, 0.1) is 0 Å². The topological polar surface area (TPSA) is 136 Å². The van der Waals surface area contributed by atoms with E-state index in [9.17, 15) is 4.79 Å². The lowest BCUT2D eigenvalue weighted by atomic mass is 10.2. The van der Waals surface area contributed by atoms with E-state index < -0.39 is 5.63 Å². The first kappa shape index (κ1) is 27.7. The van der Waals surface area contributed by atoms with E-state index in [1.165, 1.54) is 5.69 Å². The van der Waals surface area contributed by atoms with Crippen LogP contribution >= 0.6 is 11.8 Å². The minimum Gasteiger partial charge on any atom is -0.422 e. The smallest absolute Gasteiger partial charge is 0.349 e. The van der Waals surface area contributed by atoms with Crippen LogP contribution in [-0.2, 0) is 0 Å². The molecule has 1 aliphatic rings. The standard InChI is InChI=1S/C33H24N8O4S/c42-29-24(20-22-8-4-5-13-25(22)43-29)28-38-39-33(45-28)46-32-36-30(41-18-16-40(17-19-41)23-11-2-1-3-12-23)35-31(37-32)44-26-14-6-9-21-10-7-15-34-27(21)26/h1-15,20H,16-19H2. The van der Waals surface area contributed by atoms with Gasteiger partial charge < -0.3 is 23.4 Å². The van der Waals surface area contributed by atoms with Gasteiger partial charge in [0.1, 0.15) is 16.7 Å². The second-order valence-corrected chi connectivity index (χ2v) is 11.3. The number of piperazine rings is 1. The van der Waals surface area contributed by atoms with E-state index >= 15 is 0 Å². The zero-order valence-corrected chi connectivity index (χ0v) is 25.0. The zero-order chi connectivity index (χ0) is 30.9. The lowest BCUT2D eigenvalue weighted by molar-refractivity contribution is 0.433. The number of rotatable bonds is 7. The highest BCUT2D eigenvalue weighted by atomic mass is 32.2. The highest BCUT2D eigenvalue weighted by Gasteiger charge is 2.23. The Labute approximate surface area is 265 Å². The number of pyridine rings is 1. The molecule has 3 aromatic carbocycles. The predicted octanol–water partition coefficient (Wildman–Crippen LogP) is 5.85. The fourth-order valence-electron chi connectivity index (χ4n) is 5.27. The van der Waals surface area contributed by atoms with Gasteiger partial charge in [-0.1, -0.05) is 54.6 Å². The van der Waals surface area contributed by atoms with Crippen LogP contribution < -0.4 is 20.2 Å². The first-order chi connectivity index (χ1) is 22.7. The van der Waals surface area contributed by atoms with E-state index in [0.717, 1.165) is 35.6 Å². The number of hydrogen-bond donors (Lipinski definition) is 0. The number of para-hydroxylation sites is 3. The number of anilines is 2. The van der Waals surface area contributed by atoms with Gasteiger partial charge in [0.2, 0.25) is 11.1 Å². The Morgan fingerprint density at radius 2 is 1.52 bits per heavy atom. The SMILES string of the molecule is O=c1oc2ccccc2cc1-c1nnc(Sc2nc(Oc3cccc4cccnc34)nc(N3CCN(c4ccccc4)CC3)n2)o1. The molecule has 0 amide bonds.